The van der Waals surface area contributed by atoms with Gasteiger partial charge < -0.3 is 19.6 Å². The Morgan fingerprint density at radius 2 is 2.33 bits per heavy atom. The van der Waals surface area contributed by atoms with Gasteiger partial charge in [0.25, 0.3) is 5.91 Å². The second-order valence-electron chi connectivity index (χ2n) is 4.66. The van der Waals surface area contributed by atoms with E-state index >= 15 is 0 Å². The average molecular weight is 288 g/mol. The third kappa shape index (κ3) is 3.26. The van der Waals surface area contributed by atoms with Gasteiger partial charge in [-0.05, 0) is 12.1 Å². The van der Waals surface area contributed by atoms with Crippen molar-refractivity contribution in [1.29, 1.82) is 0 Å². The molecule has 0 atom stereocenters. The number of nitrogens with zero attached hydrogens (tertiary/aromatic N) is 2. The van der Waals surface area contributed by atoms with Crippen LogP contribution in [0.1, 0.15) is 6.42 Å². The average Bonchev–Trinajstić information content (AvgIpc) is 2.47. The number of benzene rings is 1. The van der Waals surface area contributed by atoms with Crippen molar-refractivity contribution < 1.29 is 19.4 Å². The number of carbonyl (C=O) groups is 2. The number of aliphatic carboxylic acids is 1. The molecule has 0 spiro atoms. The molecule has 1 heterocycles. The number of anilines is 2. The standard InChI is InChI=1S/C15H16N2O4/c1-3-7-17(8-6-15(19)20)11-4-5-12-13(9-11)21-10-14(18)16(12)2/h1,4-5,9H,6-8,10H2,2H3,(H,19,20). The minimum absolute atomic E-state index is 0.00197. The monoisotopic (exact) mass is 288 g/mol. The molecule has 6 nitrogen and oxygen atoms in total. The molecule has 1 aromatic rings. The Bertz CT molecular complexity index is 606. The number of ether oxygens (including phenoxy) is 1. The van der Waals surface area contributed by atoms with E-state index in [1.165, 1.54) is 4.90 Å². The molecule has 110 valence electrons. The van der Waals surface area contributed by atoms with E-state index in [4.69, 9.17) is 16.3 Å². The lowest BCUT2D eigenvalue weighted by molar-refractivity contribution is -0.136. The molecule has 0 radical (unpaired) electrons. The minimum atomic E-state index is -0.878. The van der Waals surface area contributed by atoms with Gasteiger partial charge in [-0.15, -0.1) is 6.42 Å². The Hall–Kier alpha value is -2.68. The van der Waals surface area contributed by atoms with Crippen molar-refractivity contribution in [2.75, 3.05) is 36.5 Å². The Morgan fingerprint density at radius 1 is 1.57 bits per heavy atom. The molecule has 0 unspecified atom stereocenters. The van der Waals surface area contributed by atoms with Gasteiger partial charge in [0.05, 0.1) is 18.7 Å². The summed E-state index contributed by atoms with van der Waals surface area (Å²) in [4.78, 5) is 25.6. The molecule has 0 bridgehead atoms. The van der Waals surface area contributed by atoms with Gasteiger partial charge in [0, 0.05) is 25.3 Å². The summed E-state index contributed by atoms with van der Waals surface area (Å²) in [5.74, 6) is 2.12. The number of hydrogen-bond acceptors (Lipinski definition) is 4. The van der Waals surface area contributed by atoms with Crippen molar-refractivity contribution >= 4 is 23.3 Å². The van der Waals surface area contributed by atoms with Gasteiger partial charge in [-0.25, -0.2) is 0 Å². The number of amides is 1. The first-order chi connectivity index (χ1) is 10.0. The molecule has 0 saturated heterocycles. The van der Waals surface area contributed by atoms with Crippen LogP contribution in [0.2, 0.25) is 0 Å². The van der Waals surface area contributed by atoms with Crippen LogP contribution in [-0.4, -0.2) is 43.7 Å². The molecule has 2 rings (SSSR count). The van der Waals surface area contributed by atoms with E-state index in [-0.39, 0.29) is 18.9 Å². The van der Waals surface area contributed by atoms with Crippen molar-refractivity contribution in [2.45, 2.75) is 6.42 Å². The molecule has 1 aliphatic rings. The quantitative estimate of drug-likeness (QED) is 0.817. The van der Waals surface area contributed by atoms with Gasteiger partial charge in [-0.1, -0.05) is 5.92 Å². The molecule has 0 fully saturated rings. The maximum atomic E-state index is 11.6. The highest BCUT2D eigenvalue weighted by Gasteiger charge is 2.23. The van der Waals surface area contributed by atoms with Crippen molar-refractivity contribution in [3.8, 4) is 18.1 Å². The zero-order valence-electron chi connectivity index (χ0n) is 11.7. The fourth-order valence-electron chi connectivity index (χ4n) is 2.10. The first-order valence-corrected chi connectivity index (χ1v) is 6.46. The second-order valence-corrected chi connectivity index (χ2v) is 4.66. The Morgan fingerprint density at radius 3 is 3.00 bits per heavy atom. The van der Waals surface area contributed by atoms with Crippen LogP contribution < -0.4 is 14.5 Å². The van der Waals surface area contributed by atoms with Crippen LogP contribution in [0.3, 0.4) is 0 Å². The lowest BCUT2D eigenvalue weighted by Crippen LogP contribution is -2.35. The maximum Gasteiger partial charge on any atom is 0.305 e. The minimum Gasteiger partial charge on any atom is -0.481 e. The normalized spacial score (nSPS) is 13.1. The number of fused-ring (bicyclic) bond motifs is 1. The number of carbonyl (C=O) groups excluding carboxylic acids is 1. The van der Waals surface area contributed by atoms with Crippen molar-refractivity contribution in [2.24, 2.45) is 0 Å². The summed E-state index contributed by atoms with van der Waals surface area (Å²) >= 11 is 0. The van der Waals surface area contributed by atoms with Gasteiger partial charge in [0.15, 0.2) is 6.61 Å². The highest BCUT2D eigenvalue weighted by Crippen LogP contribution is 2.34. The highest BCUT2D eigenvalue weighted by atomic mass is 16.5. The third-order valence-electron chi connectivity index (χ3n) is 3.27. The Balaban J connectivity index is 2.24. The predicted molar refractivity (Wildman–Crippen MR) is 78.6 cm³/mol. The van der Waals surface area contributed by atoms with Crippen molar-refractivity contribution in [3.63, 3.8) is 0 Å². The van der Waals surface area contributed by atoms with Gasteiger partial charge in [-0.3, -0.25) is 9.59 Å². The zero-order chi connectivity index (χ0) is 15.4. The van der Waals surface area contributed by atoms with Crippen LogP contribution in [0.15, 0.2) is 18.2 Å². The van der Waals surface area contributed by atoms with E-state index in [1.807, 2.05) is 0 Å². The summed E-state index contributed by atoms with van der Waals surface area (Å²) in [5.41, 5.74) is 1.46. The van der Waals surface area contributed by atoms with Gasteiger partial charge in [0.1, 0.15) is 5.75 Å². The molecular formula is C15H16N2O4. The largest absolute Gasteiger partial charge is 0.481 e. The molecular weight excluding hydrogens is 272 g/mol. The molecule has 6 heteroatoms. The summed E-state index contributed by atoms with van der Waals surface area (Å²) in [6.07, 6.45) is 5.33. The van der Waals surface area contributed by atoms with Crippen LogP contribution >= 0.6 is 0 Å². The number of likely N-dealkylation sites (N-methyl/N-ethyl adjacent to an activating group) is 1. The number of rotatable bonds is 5. The fourth-order valence-corrected chi connectivity index (χ4v) is 2.10. The summed E-state index contributed by atoms with van der Waals surface area (Å²) < 4.78 is 5.41. The first-order valence-electron chi connectivity index (χ1n) is 6.46. The van der Waals surface area contributed by atoms with Gasteiger partial charge in [0.2, 0.25) is 0 Å². The number of hydrogen-bond donors (Lipinski definition) is 1. The summed E-state index contributed by atoms with van der Waals surface area (Å²) in [5, 5.41) is 8.79. The summed E-state index contributed by atoms with van der Waals surface area (Å²) in [7, 11) is 1.69. The summed E-state index contributed by atoms with van der Waals surface area (Å²) in [6, 6.07) is 5.35. The molecule has 1 N–H and O–H groups in total. The molecule has 21 heavy (non-hydrogen) atoms. The first kappa shape index (κ1) is 14.7. The molecule has 0 aliphatic carbocycles. The van der Waals surface area contributed by atoms with Crippen LogP contribution in [0.25, 0.3) is 0 Å². The number of terminal acetylenes is 1. The lowest BCUT2D eigenvalue weighted by Gasteiger charge is -2.28. The predicted octanol–water partition coefficient (Wildman–Crippen LogP) is 0.956. The number of carboxylic acid groups (broad SMARTS) is 1. The smallest absolute Gasteiger partial charge is 0.305 e. The van der Waals surface area contributed by atoms with Crippen LogP contribution in [-0.2, 0) is 9.59 Å². The Kier molecular flexibility index (Phi) is 4.33. The van der Waals surface area contributed by atoms with Crippen LogP contribution in [0, 0.1) is 12.3 Å². The zero-order valence-corrected chi connectivity index (χ0v) is 11.7. The number of carboxylic acids is 1. The fraction of sp³-hybridized carbons (Fsp3) is 0.333. The topological polar surface area (TPSA) is 70.1 Å². The van der Waals surface area contributed by atoms with E-state index in [2.05, 4.69) is 5.92 Å². The van der Waals surface area contributed by atoms with Crippen molar-refractivity contribution in [1.82, 2.24) is 0 Å². The second kappa shape index (κ2) is 6.18. The van der Waals surface area contributed by atoms with Crippen molar-refractivity contribution in [3.05, 3.63) is 18.2 Å². The van der Waals surface area contributed by atoms with E-state index in [0.29, 0.717) is 24.5 Å². The molecule has 0 saturated carbocycles. The molecule has 1 aliphatic heterocycles. The highest BCUT2D eigenvalue weighted by molar-refractivity contribution is 5.97. The third-order valence-corrected chi connectivity index (χ3v) is 3.27. The van der Waals surface area contributed by atoms with Gasteiger partial charge in [-0.2, -0.15) is 0 Å². The Labute approximate surface area is 122 Å². The van der Waals surface area contributed by atoms with Crippen LogP contribution in [0.5, 0.6) is 5.75 Å². The molecule has 1 aromatic carbocycles. The molecule has 1 amide bonds. The van der Waals surface area contributed by atoms with E-state index in [9.17, 15) is 9.59 Å². The van der Waals surface area contributed by atoms with Gasteiger partial charge >= 0.3 is 5.97 Å². The summed E-state index contributed by atoms with van der Waals surface area (Å²) in [6.45, 7) is 0.616. The van der Waals surface area contributed by atoms with Crippen LogP contribution in [0.4, 0.5) is 11.4 Å². The SMILES string of the molecule is C#CCN(CCC(=O)O)c1ccc2c(c1)OCC(=O)N2C. The van der Waals surface area contributed by atoms with E-state index in [0.717, 1.165) is 5.69 Å². The lowest BCUT2D eigenvalue weighted by atomic mass is 10.2. The van der Waals surface area contributed by atoms with E-state index < -0.39 is 5.97 Å². The maximum absolute atomic E-state index is 11.6. The van der Waals surface area contributed by atoms with E-state index in [1.54, 1.807) is 30.1 Å². The molecule has 0 aromatic heterocycles.